The van der Waals surface area contributed by atoms with Crippen molar-refractivity contribution < 1.29 is 52.8 Å². The molecule has 0 aliphatic carbocycles. The van der Waals surface area contributed by atoms with Crippen molar-refractivity contribution in [3.63, 3.8) is 0 Å². The van der Waals surface area contributed by atoms with Gasteiger partial charge in [0.1, 0.15) is 5.69 Å². The smallest absolute Gasteiger partial charge is 0.433 e. The summed E-state index contributed by atoms with van der Waals surface area (Å²) in [6.45, 7) is 6.90. The Balaban J connectivity index is 0.000000331. The van der Waals surface area contributed by atoms with Crippen LogP contribution in [0.15, 0.2) is 18.2 Å². The van der Waals surface area contributed by atoms with Crippen LogP contribution in [0.2, 0.25) is 0 Å². The number of carbonyl (C=O) groups excluding carboxylic acids is 1. The summed E-state index contributed by atoms with van der Waals surface area (Å²) < 4.78 is 42.7. The Morgan fingerprint density at radius 3 is 2.09 bits per heavy atom. The number of hydrogen-bond acceptors (Lipinski definition) is 8. The monoisotopic (exact) mass is 612 g/mol. The predicted molar refractivity (Wildman–Crippen MR) is 140 cm³/mol. The van der Waals surface area contributed by atoms with E-state index in [1.165, 1.54) is 6.92 Å². The second kappa shape index (κ2) is 12.8. The number of likely N-dealkylation sites (tertiary alicyclic amines) is 1. The average Bonchev–Trinajstić information content (AvgIpc) is 3.58. The molecule has 3 aromatic heterocycles. The van der Waals surface area contributed by atoms with Crippen LogP contribution in [0.1, 0.15) is 60.1 Å². The lowest BCUT2D eigenvalue weighted by atomic mass is 9.96. The van der Waals surface area contributed by atoms with E-state index in [-0.39, 0.29) is 23.2 Å². The molecular formula is C26H31F3N6O8. The molecule has 14 nitrogen and oxygen atoms in total. The summed E-state index contributed by atoms with van der Waals surface area (Å²) in [5, 5.41) is 42.4. The van der Waals surface area contributed by atoms with Crippen molar-refractivity contribution in [3.8, 4) is 0 Å². The Kier molecular flexibility index (Phi) is 9.79. The molecule has 17 heteroatoms. The number of halogens is 3. The number of carboxylic acids is 3. The average molecular weight is 613 g/mol. The summed E-state index contributed by atoms with van der Waals surface area (Å²) in [6, 6.07) is 4.55. The van der Waals surface area contributed by atoms with E-state index in [4.69, 9.17) is 20.4 Å². The van der Waals surface area contributed by atoms with Gasteiger partial charge in [-0.1, -0.05) is 0 Å². The minimum absolute atomic E-state index is 0.0127. The van der Waals surface area contributed by atoms with Crippen molar-refractivity contribution in [2.75, 3.05) is 13.1 Å². The molecule has 0 saturated carbocycles. The molecule has 1 aliphatic rings. The van der Waals surface area contributed by atoms with E-state index in [0.29, 0.717) is 38.2 Å². The summed E-state index contributed by atoms with van der Waals surface area (Å²) in [6.07, 6.45) is -5.81. The van der Waals surface area contributed by atoms with Gasteiger partial charge in [-0.15, -0.1) is 0 Å². The zero-order valence-corrected chi connectivity index (χ0v) is 23.5. The molecule has 0 radical (unpaired) electrons. The minimum atomic E-state index is -4.52. The number of alkyl halides is 3. The van der Waals surface area contributed by atoms with Crippen LogP contribution >= 0.6 is 0 Å². The molecule has 0 aromatic carbocycles. The lowest BCUT2D eigenvalue weighted by Gasteiger charge is -2.18. The number of nitrogens with zero attached hydrogens (tertiary/aromatic N) is 6. The van der Waals surface area contributed by atoms with Crippen molar-refractivity contribution in [2.24, 2.45) is 0 Å². The SMILES string of the molecule is Cc1cc(C(F)(F)F)n2nc(C3CCN(C(=O)CCn4nc(C)cc4C)C3)cc2n1.O=C(O)CC(O)(CC(=O)O)C(=O)O. The number of aryl methyl sites for hydroxylation is 4. The Morgan fingerprint density at radius 2 is 1.58 bits per heavy atom. The Hall–Kier alpha value is -4.54. The largest absolute Gasteiger partial charge is 0.481 e. The first kappa shape index (κ1) is 33.0. The van der Waals surface area contributed by atoms with Gasteiger partial charge in [-0.25, -0.2) is 14.3 Å². The second-order valence-corrected chi connectivity index (χ2v) is 10.3. The van der Waals surface area contributed by atoms with Crippen LogP contribution in [0.25, 0.3) is 5.65 Å². The standard InChI is InChI=1S/C20H23F3N6O.C6H8O7/c1-12-9-17(20(21,22)23)29-18(24-12)10-16(26-29)15-4-6-27(11-15)19(30)5-7-28-14(3)8-13(2)25-28;7-3(8)1-6(13,5(11)12)2-4(9)10/h8-10,15H,4-7,11H2,1-3H3;13H,1-2H2,(H,7,8)(H,9,10)(H,11,12). The van der Waals surface area contributed by atoms with E-state index in [1.807, 2.05) is 24.6 Å². The third-order valence-corrected chi connectivity index (χ3v) is 6.75. The third kappa shape index (κ3) is 8.27. The summed E-state index contributed by atoms with van der Waals surface area (Å²) in [4.78, 5) is 49.0. The van der Waals surface area contributed by atoms with Crippen LogP contribution in [0.3, 0.4) is 0 Å². The fourth-order valence-electron chi connectivity index (χ4n) is 4.72. The van der Waals surface area contributed by atoms with Gasteiger partial charge in [0.15, 0.2) is 11.2 Å². The van der Waals surface area contributed by atoms with Crippen LogP contribution in [0.4, 0.5) is 13.2 Å². The van der Waals surface area contributed by atoms with Crippen molar-refractivity contribution in [3.05, 3.63) is 46.7 Å². The topological polar surface area (TPSA) is 200 Å². The summed E-state index contributed by atoms with van der Waals surface area (Å²) >= 11 is 0. The van der Waals surface area contributed by atoms with Gasteiger partial charge in [0.25, 0.3) is 0 Å². The number of fused-ring (bicyclic) bond motifs is 1. The molecule has 1 aliphatic heterocycles. The maximum absolute atomic E-state index is 13.4. The molecule has 1 unspecified atom stereocenters. The zero-order valence-electron chi connectivity index (χ0n) is 23.5. The lowest BCUT2D eigenvalue weighted by Crippen LogP contribution is -2.42. The van der Waals surface area contributed by atoms with Crippen LogP contribution in [-0.2, 0) is 31.9 Å². The number of carbonyl (C=O) groups is 4. The summed E-state index contributed by atoms with van der Waals surface area (Å²) in [5.41, 5.74) is -0.667. The van der Waals surface area contributed by atoms with Crippen LogP contribution < -0.4 is 0 Å². The van der Waals surface area contributed by atoms with Crippen molar-refractivity contribution in [1.82, 2.24) is 29.3 Å². The highest BCUT2D eigenvalue weighted by molar-refractivity contribution is 5.88. The molecule has 3 aromatic rings. The highest BCUT2D eigenvalue weighted by Crippen LogP contribution is 2.32. The first-order valence-electron chi connectivity index (χ1n) is 13.0. The second-order valence-electron chi connectivity index (χ2n) is 10.3. The van der Waals surface area contributed by atoms with E-state index < -0.39 is 48.2 Å². The van der Waals surface area contributed by atoms with Crippen molar-refractivity contribution >= 4 is 29.5 Å². The van der Waals surface area contributed by atoms with E-state index >= 15 is 0 Å². The van der Waals surface area contributed by atoms with Crippen LogP contribution in [0.5, 0.6) is 0 Å². The molecule has 0 bridgehead atoms. The normalized spacial score (nSPS) is 15.3. The van der Waals surface area contributed by atoms with Crippen molar-refractivity contribution in [1.29, 1.82) is 0 Å². The maximum atomic E-state index is 13.4. The molecule has 4 rings (SSSR count). The lowest BCUT2D eigenvalue weighted by molar-refractivity contribution is -0.170. The van der Waals surface area contributed by atoms with Gasteiger partial charge in [0.2, 0.25) is 5.91 Å². The van der Waals surface area contributed by atoms with Gasteiger partial charge in [-0.2, -0.15) is 23.4 Å². The van der Waals surface area contributed by atoms with Gasteiger partial charge in [0.05, 0.1) is 24.2 Å². The number of carboxylic acid groups (broad SMARTS) is 3. The number of aliphatic carboxylic acids is 3. The molecule has 234 valence electrons. The zero-order chi connectivity index (χ0) is 32.3. The number of aliphatic hydroxyl groups is 1. The number of rotatable bonds is 9. The fraction of sp³-hybridized carbons (Fsp3) is 0.500. The van der Waals surface area contributed by atoms with Gasteiger partial charge in [-0.05, 0) is 39.3 Å². The third-order valence-electron chi connectivity index (χ3n) is 6.75. The first-order valence-corrected chi connectivity index (χ1v) is 13.0. The van der Waals surface area contributed by atoms with E-state index in [2.05, 4.69) is 15.2 Å². The Bertz CT molecular complexity index is 1520. The molecule has 1 fully saturated rings. The molecule has 1 amide bonds. The number of aromatic nitrogens is 5. The number of hydrogen-bond donors (Lipinski definition) is 4. The van der Waals surface area contributed by atoms with Crippen LogP contribution in [-0.4, -0.2) is 92.2 Å². The fourth-order valence-corrected chi connectivity index (χ4v) is 4.72. The molecular weight excluding hydrogens is 581 g/mol. The van der Waals surface area contributed by atoms with Gasteiger partial charge >= 0.3 is 24.1 Å². The Labute approximate surface area is 242 Å². The molecule has 4 heterocycles. The van der Waals surface area contributed by atoms with E-state index in [9.17, 15) is 32.3 Å². The van der Waals surface area contributed by atoms with Gasteiger partial charge in [-0.3, -0.25) is 19.1 Å². The first-order chi connectivity index (χ1) is 19.9. The van der Waals surface area contributed by atoms with Crippen LogP contribution in [0, 0.1) is 20.8 Å². The highest BCUT2D eigenvalue weighted by Gasteiger charge is 2.41. The molecule has 43 heavy (non-hydrogen) atoms. The molecule has 1 saturated heterocycles. The summed E-state index contributed by atoms with van der Waals surface area (Å²) in [7, 11) is 0. The number of amides is 1. The molecule has 0 spiro atoms. The van der Waals surface area contributed by atoms with Gasteiger partial charge < -0.3 is 25.3 Å². The van der Waals surface area contributed by atoms with Crippen molar-refractivity contribution in [2.45, 2.75) is 70.7 Å². The minimum Gasteiger partial charge on any atom is -0.481 e. The highest BCUT2D eigenvalue weighted by atomic mass is 19.4. The van der Waals surface area contributed by atoms with E-state index in [1.54, 1.807) is 11.0 Å². The Morgan fingerprint density at radius 1 is 0.953 bits per heavy atom. The molecule has 1 atom stereocenters. The molecule has 4 N–H and O–H groups in total. The summed E-state index contributed by atoms with van der Waals surface area (Å²) in [5.74, 6) is -5.11. The quantitative estimate of drug-likeness (QED) is 0.276. The van der Waals surface area contributed by atoms with Gasteiger partial charge in [0, 0.05) is 49.4 Å². The predicted octanol–water partition coefficient (Wildman–Crippen LogP) is 2.03. The van der Waals surface area contributed by atoms with E-state index in [0.717, 1.165) is 22.0 Å². The maximum Gasteiger partial charge on any atom is 0.433 e.